The molecule has 6 heteroatoms. The molecule has 1 rings (SSSR count). The molecule has 0 aromatic heterocycles. The van der Waals surface area contributed by atoms with Crippen LogP contribution in [0.15, 0.2) is 12.1 Å². The first-order chi connectivity index (χ1) is 9.19. The van der Waals surface area contributed by atoms with E-state index in [1.165, 1.54) is 0 Å². The van der Waals surface area contributed by atoms with Crippen molar-refractivity contribution in [2.75, 3.05) is 6.61 Å². The Morgan fingerprint density at radius 1 is 1.25 bits per heavy atom. The molecule has 112 valence electrons. The van der Waals surface area contributed by atoms with Crippen molar-refractivity contribution < 1.29 is 22.7 Å². The summed E-state index contributed by atoms with van der Waals surface area (Å²) in [5, 5.41) is 0. The van der Waals surface area contributed by atoms with Crippen LogP contribution in [-0.2, 0) is 9.53 Å². The standard InChI is InChI=1S/C14H18F3NO2/c1-4-20-13(19)14(2,3)7-12(18)8-5-10(16)11(17)6-9(8)15/h5-6,12H,4,7,18H2,1-3H3. The van der Waals surface area contributed by atoms with E-state index in [1.54, 1.807) is 20.8 Å². The predicted molar refractivity (Wildman–Crippen MR) is 68.3 cm³/mol. The molecule has 20 heavy (non-hydrogen) atoms. The summed E-state index contributed by atoms with van der Waals surface area (Å²) in [6.07, 6.45) is 0.0494. The van der Waals surface area contributed by atoms with E-state index in [0.29, 0.717) is 6.07 Å². The smallest absolute Gasteiger partial charge is 0.311 e. The minimum absolute atomic E-state index is 0.0494. The van der Waals surface area contributed by atoms with E-state index in [9.17, 15) is 18.0 Å². The summed E-state index contributed by atoms with van der Waals surface area (Å²) in [6, 6.07) is 0.225. The van der Waals surface area contributed by atoms with Gasteiger partial charge in [0, 0.05) is 17.7 Å². The fourth-order valence-electron chi connectivity index (χ4n) is 1.89. The molecule has 0 aliphatic heterocycles. The van der Waals surface area contributed by atoms with E-state index < -0.39 is 34.9 Å². The van der Waals surface area contributed by atoms with Gasteiger partial charge in [0.15, 0.2) is 11.6 Å². The highest BCUT2D eigenvalue weighted by Gasteiger charge is 2.32. The van der Waals surface area contributed by atoms with Crippen LogP contribution in [0.1, 0.15) is 38.8 Å². The Morgan fingerprint density at radius 2 is 1.80 bits per heavy atom. The van der Waals surface area contributed by atoms with E-state index in [4.69, 9.17) is 10.5 Å². The molecule has 0 radical (unpaired) electrons. The molecule has 0 amide bonds. The average Bonchev–Trinajstić information content (AvgIpc) is 2.33. The van der Waals surface area contributed by atoms with Gasteiger partial charge in [-0.25, -0.2) is 13.2 Å². The Morgan fingerprint density at radius 3 is 2.35 bits per heavy atom. The lowest BCUT2D eigenvalue weighted by Crippen LogP contribution is -2.31. The highest BCUT2D eigenvalue weighted by atomic mass is 19.2. The molecule has 1 aromatic carbocycles. The van der Waals surface area contributed by atoms with Crippen LogP contribution in [0.2, 0.25) is 0 Å². The zero-order valence-electron chi connectivity index (χ0n) is 11.7. The molecule has 0 bridgehead atoms. The van der Waals surface area contributed by atoms with Crippen molar-refractivity contribution in [1.82, 2.24) is 0 Å². The number of nitrogens with two attached hydrogens (primary N) is 1. The number of carbonyl (C=O) groups is 1. The second-order valence-corrected chi connectivity index (χ2v) is 5.20. The van der Waals surface area contributed by atoms with Crippen LogP contribution in [0, 0.1) is 22.9 Å². The Kier molecular flexibility index (Phi) is 5.16. The summed E-state index contributed by atoms with van der Waals surface area (Å²) < 4.78 is 44.5. The van der Waals surface area contributed by atoms with Gasteiger partial charge in [0.25, 0.3) is 0 Å². The summed E-state index contributed by atoms with van der Waals surface area (Å²) in [7, 11) is 0. The van der Waals surface area contributed by atoms with Gasteiger partial charge in [-0.05, 0) is 33.3 Å². The van der Waals surface area contributed by atoms with Crippen molar-refractivity contribution in [3.63, 3.8) is 0 Å². The Labute approximate surface area is 115 Å². The summed E-state index contributed by atoms with van der Waals surface area (Å²) in [4.78, 5) is 11.7. The molecule has 2 N–H and O–H groups in total. The van der Waals surface area contributed by atoms with E-state index in [1.807, 2.05) is 0 Å². The van der Waals surface area contributed by atoms with Gasteiger partial charge in [-0.2, -0.15) is 0 Å². The maximum Gasteiger partial charge on any atom is 0.311 e. The summed E-state index contributed by atoms with van der Waals surface area (Å²) in [5.74, 6) is -3.86. The summed E-state index contributed by atoms with van der Waals surface area (Å²) in [6.45, 7) is 5.09. The predicted octanol–water partition coefficient (Wildman–Crippen LogP) is 3.08. The number of benzene rings is 1. The van der Waals surface area contributed by atoms with Crippen LogP contribution in [0.25, 0.3) is 0 Å². The van der Waals surface area contributed by atoms with E-state index >= 15 is 0 Å². The minimum atomic E-state index is -1.27. The second kappa shape index (κ2) is 6.26. The van der Waals surface area contributed by atoms with Crippen LogP contribution in [-0.4, -0.2) is 12.6 Å². The van der Waals surface area contributed by atoms with Gasteiger partial charge in [-0.1, -0.05) is 0 Å². The third kappa shape index (κ3) is 3.72. The molecule has 3 nitrogen and oxygen atoms in total. The number of rotatable bonds is 5. The fourth-order valence-corrected chi connectivity index (χ4v) is 1.89. The first-order valence-corrected chi connectivity index (χ1v) is 6.26. The molecule has 1 aromatic rings. The van der Waals surface area contributed by atoms with Gasteiger partial charge in [-0.15, -0.1) is 0 Å². The SMILES string of the molecule is CCOC(=O)C(C)(C)CC(N)c1cc(F)c(F)cc1F. The first-order valence-electron chi connectivity index (χ1n) is 6.26. The Hall–Kier alpha value is -1.56. The van der Waals surface area contributed by atoms with Gasteiger partial charge in [0.2, 0.25) is 0 Å². The number of halogens is 3. The quantitative estimate of drug-likeness (QED) is 0.669. The number of hydrogen-bond acceptors (Lipinski definition) is 3. The highest BCUT2D eigenvalue weighted by Crippen LogP contribution is 2.31. The Balaban J connectivity index is 2.94. The lowest BCUT2D eigenvalue weighted by Gasteiger charge is -2.26. The molecule has 1 atom stereocenters. The monoisotopic (exact) mass is 289 g/mol. The summed E-state index contributed by atoms with van der Waals surface area (Å²) in [5.41, 5.74) is 4.68. The number of ether oxygens (including phenoxy) is 1. The molecule has 0 aliphatic carbocycles. The van der Waals surface area contributed by atoms with Gasteiger partial charge < -0.3 is 10.5 Å². The number of hydrogen-bond donors (Lipinski definition) is 1. The molecule has 1 unspecified atom stereocenters. The van der Waals surface area contributed by atoms with E-state index in [2.05, 4.69) is 0 Å². The van der Waals surface area contributed by atoms with Crippen molar-refractivity contribution in [3.05, 3.63) is 35.1 Å². The van der Waals surface area contributed by atoms with Crippen LogP contribution >= 0.6 is 0 Å². The zero-order chi connectivity index (χ0) is 15.5. The molecule has 0 fully saturated rings. The van der Waals surface area contributed by atoms with E-state index in [0.717, 1.165) is 6.07 Å². The number of carbonyl (C=O) groups excluding carboxylic acids is 1. The van der Waals surface area contributed by atoms with Crippen molar-refractivity contribution in [2.24, 2.45) is 11.1 Å². The molecule has 0 aliphatic rings. The van der Waals surface area contributed by atoms with E-state index in [-0.39, 0.29) is 18.6 Å². The molecular weight excluding hydrogens is 271 g/mol. The van der Waals surface area contributed by atoms with Crippen LogP contribution in [0.4, 0.5) is 13.2 Å². The van der Waals surface area contributed by atoms with Crippen molar-refractivity contribution in [2.45, 2.75) is 33.2 Å². The largest absolute Gasteiger partial charge is 0.466 e. The van der Waals surface area contributed by atoms with Gasteiger partial charge >= 0.3 is 5.97 Å². The van der Waals surface area contributed by atoms with Gasteiger partial charge in [0.1, 0.15) is 5.82 Å². The van der Waals surface area contributed by atoms with Crippen molar-refractivity contribution in [1.29, 1.82) is 0 Å². The molecule has 0 saturated carbocycles. The molecular formula is C14H18F3NO2. The fraction of sp³-hybridized carbons (Fsp3) is 0.500. The van der Waals surface area contributed by atoms with Crippen LogP contribution in [0.3, 0.4) is 0 Å². The van der Waals surface area contributed by atoms with Crippen LogP contribution in [0.5, 0.6) is 0 Å². The first kappa shape index (κ1) is 16.5. The van der Waals surface area contributed by atoms with Crippen molar-refractivity contribution in [3.8, 4) is 0 Å². The van der Waals surface area contributed by atoms with Crippen LogP contribution < -0.4 is 5.73 Å². The normalized spacial score (nSPS) is 13.2. The maximum absolute atomic E-state index is 13.6. The minimum Gasteiger partial charge on any atom is -0.466 e. The maximum atomic E-state index is 13.6. The highest BCUT2D eigenvalue weighted by molar-refractivity contribution is 5.75. The topological polar surface area (TPSA) is 52.3 Å². The number of esters is 1. The van der Waals surface area contributed by atoms with Gasteiger partial charge in [-0.3, -0.25) is 4.79 Å². The van der Waals surface area contributed by atoms with Crippen molar-refractivity contribution >= 4 is 5.97 Å². The third-order valence-corrected chi connectivity index (χ3v) is 3.00. The summed E-state index contributed by atoms with van der Waals surface area (Å²) >= 11 is 0. The zero-order valence-corrected chi connectivity index (χ0v) is 11.7. The molecule has 0 spiro atoms. The second-order valence-electron chi connectivity index (χ2n) is 5.20. The third-order valence-electron chi connectivity index (χ3n) is 3.00. The van der Waals surface area contributed by atoms with Gasteiger partial charge in [0.05, 0.1) is 12.0 Å². The Bertz CT molecular complexity index is 503. The lowest BCUT2D eigenvalue weighted by molar-refractivity contribution is -0.154. The molecule has 0 heterocycles. The average molecular weight is 289 g/mol. The molecule has 0 saturated heterocycles. The lowest BCUT2D eigenvalue weighted by atomic mass is 9.83.